The van der Waals surface area contributed by atoms with Crippen LogP contribution >= 0.6 is 0 Å². The van der Waals surface area contributed by atoms with Crippen molar-refractivity contribution < 1.29 is 14.1 Å². The SMILES string of the molecule is CCc1noc(CCNC(=O)C2CCC(=O)N(CC)C2)n1. The fourth-order valence-electron chi connectivity index (χ4n) is 2.41. The summed E-state index contributed by atoms with van der Waals surface area (Å²) in [4.78, 5) is 29.6. The highest BCUT2D eigenvalue weighted by atomic mass is 16.5. The molecule has 2 amide bonds. The molecule has 1 aromatic heterocycles. The van der Waals surface area contributed by atoms with Crippen molar-refractivity contribution in [3.63, 3.8) is 0 Å². The number of carbonyl (C=O) groups excluding carboxylic acids is 2. The van der Waals surface area contributed by atoms with Crippen LogP contribution in [0.1, 0.15) is 38.4 Å². The second kappa shape index (κ2) is 7.19. The predicted molar refractivity (Wildman–Crippen MR) is 75.4 cm³/mol. The largest absolute Gasteiger partial charge is 0.355 e. The smallest absolute Gasteiger partial charge is 0.228 e. The molecule has 1 fully saturated rings. The lowest BCUT2D eigenvalue weighted by Crippen LogP contribution is -2.45. The first-order chi connectivity index (χ1) is 10.1. The Morgan fingerprint density at radius 1 is 1.48 bits per heavy atom. The highest BCUT2D eigenvalue weighted by molar-refractivity contribution is 5.83. The molecule has 7 heteroatoms. The lowest BCUT2D eigenvalue weighted by Gasteiger charge is -2.30. The molecule has 21 heavy (non-hydrogen) atoms. The fourth-order valence-corrected chi connectivity index (χ4v) is 2.41. The molecular weight excluding hydrogens is 272 g/mol. The van der Waals surface area contributed by atoms with E-state index in [1.54, 1.807) is 4.90 Å². The van der Waals surface area contributed by atoms with Crippen LogP contribution in [0.3, 0.4) is 0 Å². The second-order valence-corrected chi connectivity index (χ2v) is 5.17. The number of nitrogens with one attached hydrogen (secondary N) is 1. The molecule has 1 aliphatic heterocycles. The first kappa shape index (κ1) is 15.5. The molecule has 0 bridgehead atoms. The Morgan fingerprint density at radius 3 is 2.95 bits per heavy atom. The monoisotopic (exact) mass is 294 g/mol. The van der Waals surface area contributed by atoms with Gasteiger partial charge in [-0.05, 0) is 13.3 Å². The lowest BCUT2D eigenvalue weighted by molar-refractivity contribution is -0.138. The van der Waals surface area contributed by atoms with Crippen molar-refractivity contribution in [1.29, 1.82) is 0 Å². The number of rotatable bonds is 6. The third kappa shape index (κ3) is 4.03. The summed E-state index contributed by atoms with van der Waals surface area (Å²) in [5.41, 5.74) is 0. The van der Waals surface area contributed by atoms with Gasteiger partial charge in [0, 0.05) is 38.9 Å². The Hall–Kier alpha value is -1.92. The van der Waals surface area contributed by atoms with Gasteiger partial charge >= 0.3 is 0 Å². The molecular formula is C14H22N4O3. The average Bonchev–Trinajstić information content (AvgIpc) is 2.95. The van der Waals surface area contributed by atoms with Gasteiger partial charge < -0.3 is 14.7 Å². The molecule has 0 aliphatic carbocycles. The van der Waals surface area contributed by atoms with Crippen molar-refractivity contribution in [2.24, 2.45) is 5.92 Å². The first-order valence-corrected chi connectivity index (χ1v) is 7.51. The quantitative estimate of drug-likeness (QED) is 0.827. The Labute approximate surface area is 124 Å². The van der Waals surface area contributed by atoms with Crippen molar-refractivity contribution in [2.75, 3.05) is 19.6 Å². The number of aromatic nitrogens is 2. The van der Waals surface area contributed by atoms with Crippen LogP contribution in [0, 0.1) is 5.92 Å². The summed E-state index contributed by atoms with van der Waals surface area (Å²) in [5.74, 6) is 1.24. The number of nitrogens with zero attached hydrogens (tertiary/aromatic N) is 3. The maximum Gasteiger partial charge on any atom is 0.228 e. The van der Waals surface area contributed by atoms with Crippen LogP contribution in [0.25, 0.3) is 0 Å². The van der Waals surface area contributed by atoms with Crippen LogP contribution in [-0.2, 0) is 22.4 Å². The zero-order chi connectivity index (χ0) is 15.2. The fraction of sp³-hybridized carbons (Fsp3) is 0.714. The van der Waals surface area contributed by atoms with E-state index < -0.39 is 0 Å². The molecule has 0 saturated carbocycles. The van der Waals surface area contributed by atoms with E-state index in [0.29, 0.717) is 50.6 Å². The molecule has 1 atom stereocenters. The molecule has 0 aromatic carbocycles. The molecule has 1 aromatic rings. The normalized spacial score (nSPS) is 18.9. The molecule has 1 saturated heterocycles. The van der Waals surface area contributed by atoms with Crippen LogP contribution in [0.5, 0.6) is 0 Å². The minimum Gasteiger partial charge on any atom is -0.355 e. The molecule has 116 valence electrons. The summed E-state index contributed by atoms with van der Waals surface area (Å²) in [6.07, 6.45) is 2.35. The van der Waals surface area contributed by atoms with Crippen molar-refractivity contribution in [1.82, 2.24) is 20.4 Å². The summed E-state index contributed by atoms with van der Waals surface area (Å²) >= 11 is 0. The Bertz CT molecular complexity index is 500. The third-order valence-corrected chi connectivity index (χ3v) is 3.72. The Kier molecular flexibility index (Phi) is 5.30. The van der Waals surface area contributed by atoms with Crippen molar-refractivity contribution in [3.05, 3.63) is 11.7 Å². The van der Waals surface area contributed by atoms with Gasteiger partial charge in [0.2, 0.25) is 17.7 Å². The van der Waals surface area contributed by atoms with Gasteiger partial charge in [-0.3, -0.25) is 9.59 Å². The predicted octanol–water partition coefficient (Wildman–Crippen LogP) is 0.549. The third-order valence-electron chi connectivity index (χ3n) is 3.72. The van der Waals surface area contributed by atoms with Crippen molar-refractivity contribution in [3.8, 4) is 0 Å². The van der Waals surface area contributed by atoms with Crippen LogP contribution in [0.2, 0.25) is 0 Å². The zero-order valence-electron chi connectivity index (χ0n) is 12.6. The standard InChI is InChI=1S/C14H22N4O3/c1-3-11-16-12(21-17-11)7-8-15-14(20)10-5-6-13(19)18(4-2)9-10/h10H,3-9H2,1-2H3,(H,15,20). The van der Waals surface area contributed by atoms with Gasteiger partial charge in [0.15, 0.2) is 5.82 Å². The molecule has 2 heterocycles. The second-order valence-electron chi connectivity index (χ2n) is 5.17. The summed E-state index contributed by atoms with van der Waals surface area (Å²) < 4.78 is 5.07. The number of hydrogen-bond donors (Lipinski definition) is 1. The van der Waals surface area contributed by atoms with E-state index in [2.05, 4.69) is 15.5 Å². The molecule has 1 aliphatic rings. The van der Waals surface area contributed by atoms with Gasteiger partial charge in [-0.15, -0.1) is 0 Å². The highest BCUT2D eigenvalue weighted by Gasteiger charge is 2.29. The number of hydrogen-bond acceptors (Lipinski definition) is 5. The molecule has 0 radical (unpaired) electrons. The number of amides is 2. The van der Waals surface area contributed by atoms with E-state index in [1.807, 2.05) is 13.8 Å². The van der Waals surface area contributed by atoms with E-state index in [1.165, 1.54) is 0 Å². The van der Waals surface area contributed by atoms with Crippen LogP contribution in [-0.4, -0.2) is 46.5 Å². The molecule has 0 spiro atoms. The minimum atomic E-state index is -0.114. The zero-order valence-corrected chi connectivity index (χ0v) is 12.6. The molecule has 7 nitrogen and oxygen atoms in total. The number of piperidine rings is 1. The van der Waals surface area contributed by atoms with Gasteiger partial charge in [-0.2, -0.15) is 4.98 Å². The molecule has 1 unspecified atom stereocenters. The number of carbonyl (C=O) groups is 2. The Balaban J connectivity index is 1.75. The van der Waals surface area contributed by atoms with Gasteiger partial charge in [0.25, 0.3) is 0 Å². The average molecular weight is 294 g/mol. The number of likely N-dealkylation sites (tertiary alicyclic amines) is 1. The summed E-state index contributed by atoms with van der Waals surface area (Å²) in [6, 6.07) is 0. The topological polar surface area (TPSA) is 88.3 Å². The first-order valence-electron chi connectivity index (χ1n) is 7.51. The van der Waals surface area contributed by atoms with Crippen molar-refractivity contribution >= 4 is 11.8 Å². The van der Waals surface area contributed by atoms with Gasteiger partial charge in [-0.25, -0.2) is 0 Å². The summed E-state index contributed by atoms with van der Waals surface area (Å²) in [5, 5.41) is 6.69. The van der Waals surface area contributed by atoms with Crippen LogP contribution < -0.4 is 5.32 Å². The minimum absolute atomic E-state index is 0.00354. The maximum absolute atomic E-state index is 12.1. The van der Waals surface area contributed by atoms with Gasteiger partial charge in [0.1, 0.15) is 0 Å². The number of aryl methyl sites for hydroxylation is 1. The van der Waals surface area contributed by atoms with Crippen LogP contribution in [0.4, 0.5) is 0 Å². The van der Waals surface area contributed by atoms with E-state index in [4.69, 9.17) is 4.52 Å². The maximum atomic E-state index is 12.1. The summed E-state index contributed by atoms with van der Waals surface area (Å²) in [6.45, 7) is 5.53. The molecule has 2 rings (SSSR count). The van der Waals surface area contributed by atoms with Crippen molar-refractivity contribution in [2.45, 2.75) is 39.5 Å². The van der Waals surface area contributed by atoms with E-state index in [9.17, 15) is 9.59 Å². The summed E-state index contributed by atoms with van der Waals surface area (Å²) in [7, 11) is 0. The molecule has 1 N–H and O–H groups in total. The van der Waals surface area contributed by atoms with Gasteiger partial charge in [0.05, 0.1) is 5.92 Å². The van der Waals surface area contributed by atoms with Gasteiger partial charge in [-0.1, -0.05) is 12.1 Å². The van der Waals surface area contributed by atoms with Crippen LogP contribution in [0.15, 0.2) is 4.52 Å². The van der Waals surface area contributed by atoms with E-state index in [-0.39, 0.29) is 17.7 Å². The Morgan fingerprint density at radius 2 is 2.29 bits per heavy atom. The lowest BCUT2D eigenvalue weighted by atomic mass is 9.96. The van der Waals surface area contributed by atoms with E-state index in [0.717, 1.165) is 6.42 Å². The van der Waals surface area contributed by atoms with E-state index >= 15 is 0 Å². The highest BCUT2D eigenvalue weighted by Crippen LogP contribution is 2.17.